The summed E-state index contributed by atoms with van der Waals surface area (Å²) in [4.78, 5) is 12.6. The average molecular weight is 241 g/mol. The SMILES string of the molecule is Cn1cc(C(=O)C2CCCCC2)c2ccccc21. The second-order valence-corrected chi connectivity index (χ2v) is 5.37. The van der Waals surface area contributed by atoms with Crippen molar-refractivity contribution >= 4 is 16.7 Å². The molecule has 2 nitrogen and oxygen atoms in total. The van der Waals surface area contributed by atoms with Crippen molar-refractivity contribution in [1.82, 2.24) is 4.57 Å². The van der Waals surface area contributed by atoms with E-state index in [1.54, 1.807) is 0 Å². The molecule has 1 aliphatic carbocycles. The van der Waals surface area contributed by atoms with Crippen molar-refractivity contribution in [2.24, 2.45) is 13.0 Å². The lowest BCUT2D eigenvalue weighted by atomic mass is 9.84. The van der Waals surface area contributed by atoms with Gasteiger partial charge in [-0.2, -0.15) is 0 Å². The van der Waals surface area contributed by atoms with E-state index in [0.717, 1.165) is 29.3 Å². The summed E-state index contributed by atoms with van der Waals surface area (Å²) in [7, 11) is 2.01. The molecule has 0 atom stereocenters. The number of rotatable bonds is 2. The molecule has 0 bridgehead atoms. The van der Waals surface area contributed by atoms with Crippen LogP contribution in [-0.4, -0.2) is 10.4 Å². The molecule has 0 unspecified atom stereocenters. The van der Waals surface area contributed by atoms with Gasteiger partial charge in [-0.05, 0) is 18.9 Å². The Hall–Kier alpha value is -1.57. The van der Waals surface area contributed by atoms with Crippen LogP contribution in [0.2, 0.25) is 0 Å². The van der Waals surface area contributed by atoms with Crippen LogP contribution in [0.5, 0.6) is 0 Å². The third kappa shape index (κ3) is 1.86. The van der Waals surface area contributed by atoms with Gasteiger partial charge in [0.2, 0.25) is 0 Å². The number of benzene rings is 1. The van der Waals surface area contributed by atoms with Gasteiger partial charge in [-0.25, -0.2) is 0 Å². The largest absolute Gasteiger partial charge is 0.350 e. The third-order valence-electron chi connectivity index (χ3n) is 4.14. The number of aromatic nitrogens is 1. The fourth-order valence-corrected chi connectivity index (χ4v) is 3.12. The molecule has 1 saturated carbocycles. The molecule has 1 heterocycles. The molecule has 1 fully saturated rings. The van der Waals surface area contributed by atoms with Crippen LogP contribution >= 0.6 is 0 Å². The van der Waals surface area contributed by atoms with Crippen LogP contribution in [0.1, 0.15) is 42.5 Å². The van der Waals surface area contributed by atoms with Gasteiger partial charge in [0.05, 0.1) is 0 Å². The minimum Gasteiger partial charge on any atom is -0.350 e. The Balaban J connectivity index is 2.00. The molecule has 0 aliphatic heterocycles. The first-order valence-corrected chi connectivity index (χ1v) is 6.85. The molecule has 94 valence electrons. The van der Waals surface area contributed by atoms with E-state index in [1.165, 1.54) is 19.3 Å². The van der Waals surface area contributed by atoms with Crippen molar-refractivity contribution in [3.63, 3.8) is 0 Å². The normalized spacial score (nSPS) is 17.2. The molecule has 1 aliphatic rings. The van der Waals surface area contributed by atoms with Gasteiger partial charge in [0, 0.05) is 35.6 Å². The van der Waals surface area contributed by atoms with Crippen LogP contribution in [0.25, 0.3) is 10.9 Å². The van der Waals surface area contributed by atoms with E-state index in [9.17, 15) is 4.79 Å². The number of hydrogen-bond acceptors (Lipinski definition) is 1. The molecule has 3 rings (SSSR count). The van der Waals surface area contributed by atoms with E-state index in [4.69, 9.17) is 0 Å². The topological polar surface area (TPSA) is 22.0 Å². The van der Waals surface area contributed by atoms with Crippen molar-refractivity contribution in [3.8, 4) is 0 Å². The summed E-state index contributed by atoms with van der Waals surface area (Å²) in [5, 5.41) is 1.11. The molecule has 0 amide bonds. The summed E-state index contributed by atoms with van der Waals surface area (Å²) >= 11 is 0. The summed E-state index contributed by atoms with van der Waals surface area (Å²) < 4.78 is 2.06. The number of aryl methyl sites for hydroxylation is 1. The Morgan fingerprint density at radius 2 is 1.89 bits per heavy atom. The van der Waals surface area contributed by atoms with Gasteiger partial charge in [0.25, 0.3) is 0 Å². The van der Waals surface area contributed by atoms with E-state index in [-0.39, 0.29) is 5.92 Å². The molecule has 1 aromatic carbocycles. The number of Topliss-reactive ketones (excluding diaryl/α,β-unsaturated/α-hetero) is 1. The van der Waals surface area contributed by atoms with Crippen LogP contribution in [0.3, 0.4) is 0 Å². The van der Waals surface area contributed by atoms with Crippen LogP contribution in [0.15, 0.2) is 30.5 Å². The number of hydrogen-bond donors (Lipinski definition) is 0. The number of fused-ring (bicyclic) bond motifs is 1. The summed E-state index contributed by atoms with van der Waals surface area (Å²) in [5.74, 6) is 0.607. The number of ketones is 1. The summed E-state index contributed by atoms with van der Waals surface area (Å²) in [6.45, 7) is 0. The maximum atomic E-state index is 12.6. The summed E-state index contributed by atoms with van der Waals surface area (Å²) in [5.41, 5.74) is 2.07. The van der Waals surface area contributed by atoms with E-state index in [1.807, 2.05) is 25.4 Å². The van der Waals surface area contributed by atoms with Crippen molar-refractivity contribution in [2.45, 2.75) is 32.1 Å². The predicted octanol–water partition coefficient (Wildman–Crippen LogP) is 3.94. The minimum atomic E-state index is 0.254. The number of para-hydroxylation sites is 1. The van der Waals surface area contributed by atoms with Crippen molar-refractivity contribution in [3.05, 3.63) is 36.0 Å². The third-order valence-corrected chi connectivity index (χ3v) is 4.14. The van der Waals surface area contributed by atoms with Crippen LogP contribution in [-0.2, 0) is 7.05 Å². The highest BCUT2D eigenvalue weighted by Crippen LogP contribution is 2.30. The molecule has 1 aromatic heterocycles. The van der Waals surface area contributed by atoms with E-state index in [2.05, 4.69) is 16.7 Å². The van der Waals surface area contributed by atoms with E-state index in [0.29, 0.717) is 5.78 Å². The van der Waals surface area contributed by atoms with E-state index >= 15 is 0 Å². The molecule has 0 spiro atoms. The Labute approximate surface area is 108 Å². The molecule has 0 saturated heterocycles. The van der Waals surface area contributed by atoms with Gasteiger partial charge in [-0.3, -0.25) is 4.79 Å². The Morgan fingerprint density at radius 1 is 1.17 bits per heavy atom. The second kappa shape index (κ2) is 4.60. The lowest BCUT2D eigenvalue weighted by Crippen LogP contribution is -2.17. The molecule has 18 heavy (non-hydrogen) atoms. The van der Waals surface area contributed by atoms with Gasteiger partial charge in [0.15, 0.2) is 5.78 Å². The maximum absolute atomic E-state index is 12.6. The van der Waals surface area contributed by atoms with Crippen LogP contribution in [0, 0.1) is 5.92 Å². The Bertz CT molecular complexity index is 576. The minimum absolute atomic E-state index is 0.254. The monoisotopic (exact) mass is 241 g/mol. The lowest BCUT2D eigenvalue weighted by molar-refractivity contribution is 0.0891. The average Bonchev–Trinajstić information content (AvgIpc) is 2.77. The Morgan fingerprint density at radius 3 is 2.67 bits per heavy atom. The quantitative estimate of drug-likeness (QED) is 0.730. The molecule has 0 radical (unpaired) electrons. The zero-order chi connectivity index (χ0) is 12.5. The molecule has 2 heteroatoms. The van der Waals surface area contributed by atoms with Gasteiger partial charge < -0.3 is 4.57 Å². The van der Waals surface area contributed by atoms with Crippen LogP contribution in [0.4, 0.5) is 0 Å². The first kappa shape index (κ1) is 11.5. The molecular formula is C16H19NO. The fourth-order valence-electron chi connectivity index (χ4n) is 3.12. The van der Waals surface area contributed by atoms with Crippen molar-refractivity contribution < 1.29 is 4.79 Å². The standard InChI is InChI=1S/C16H19NO/c1-17-11-14(13-9-5-6-10-15(13)17)16(18)12-7-3-2-4-8-12/h5-6,9-12H,2-4,7-8H2,1H3. The smallest absolute Gasteiger partial charge is 0.168 e. The van der Waals surface area contributed by atoms with Crippen LogP contribution < -0.4 is 0 Å². The van der Waals surface area contributed by atoms with Crippen molar-refractivity contribution in [1.29, 1.82) is 0 Å². The Kier molecular flexibility index (Phi) is 2.94. The highest BCUT2D eigenvalue weighted by atomic mass is 16.1. The first-order chi connectivity index (χ1) is 8.77. The number of carbonyl (C=O) groups excluding carboxylic acids is 1. The summed E-state index contributed by atoms with van der Waals surface area (Å²) in [6.07, 6.45) is 7.85. The van der Waals surface area contributed by atoms with Gasteiger partial charge in [0.1, 0.15) is 0 Å². The summed E-state index contributed by atoms with van der Waals surface area (Å²) in [6, 6.07) is 8.18. The van der Waals surface area contributed by atoms with Gasteiger partial charge >= 0.3 is 0 Å². The number of nitrogens with zero attached hydrogens (tertiary/aromatic N) is 1. The predicted molar refractivity (Wildman–Crippen MR) is 73.8 cm³/mol. The van der Waals surface area contributed by atoms with Crippen molar-refractivity contribution in [2.75, 3.05) is 0 Å². The maximum Gasteiger partial charge on any atom is 0.168 e. The lowest BCUT2D eigenvalue weighted by Gasteiger charge is -2.19. The van der Waals surface area contributed by atoms with Gasteiger partial charge in [-0.15, -0.1) is 0 Å². The highest BCUT2D eigenvalue weighted by Gasteiger charge is 2.24. The first-order valence-electron chi connectivity index (χ1n) is 6.85. The molecule has 2 aromatic rings. The molecular weight excluding hydrogens is 222 g/mol. The second-order valence-electron chi connectivity index (χ2n) is 5.37. The highest BCUT2D eigenvalue weighted by molar-refractivity contribution is 6.09. The fraction of sp³-hybridized carbons (Fsp3) is 0.438. The van der Waals surface area contributed by atoms with E-state index < -0.39 is 0 Å². The molecule has 0 N–H and O–H groups in total. The van der Waals surface area contributed by atoms with Gasteiger partial charge in [-0.1, -0.05) is 37.5 Å². The zero-order valence-electron chi connectivity index (χ0n) is 10.9. The zero-order valence-corrected chi connectivity index (χ0v) is 10.9. The number of carbonyl (C=O) groups is 1.